The van der Waals surface area contributed by atoms with Gasteiger partial charge < -0.3 is 15.2 Å². The summed E-state index contributed by atoms with van der Waals surface area (Å²) >= 11 is 1.68. The van der Waals surface area contributed by atoms with Crippen LogP contribution in [0.3, 0.4) is 0 Å². The molecule has 1 aromatic carbocycles. The number of fused-ring (bicyclic) bond motifs is 1. The Morgan fingerprint density at radius 1 is 1.21 bits per heavy atom. The zero-order valence-corrected chi connectivity index (χ0v) is 20.2. The van der Waals surface area contributed by atoms with Crippen molar-refractivity contribution in [1.82, 2.24) is 25.4 Å². The van der Waals surface area contributed by atoms with E-state index >= 15 is 0 Å². The predicted molar refractivity (Wildman–Crippen MR) is 128 cm³/mol. The van der Waals surface area contributed by atoms with Crippen molar-refractivity contribution < 1.29 is 4.39 Å². The lowest BCUT2D eigenvalue weighted by atomic mass is 10.1. The lowest BCUT2D eigenvalue weighted by molar-refractivity contribution is 0.596. The van der Waals surface area contributed by atoms with E-state index in [-0.39, 0.29) is 29.8 Å². The number of halogens is 2. The van der Waals surface area contributed by atoms with Gasteiger partial charge in [0.25, 0.3) is 0 Å². The topological polar surface area (TPSA) is 67.1 Å². The molecular weight excluding hydrogens is 502 g/mol. The third kappa shape index (κ3) is 6.84. The van der Waals surface area contributed by atoms with Gasteiger partial charge in [0, 0.05) is 25.3 Å². The molecule has 29 heavy (non-hydrogen) atoms. The van der Waals surface area contributed by atoms with E-state index in [0.717, 1.165) is 54.0 Å². The van der Waals surface area contributed by atoms with Gasteiger partial charge in [0.05, 0.1) is 13.1 Å². The molecule has 160 valence electrons. The first-order valence-corrected chi connectivity index (χ1v) is 11.3. The van der Waals surface area contributed by atoms with Crippen molar-refractivity contribution in [2.75, 3.05) is 12.8 Å². The van der Waals surface area contributed by atoms with Crippen molar-refractivity contribution in [2.45, 2.75) is 58.0 Å². The summed E-state index contributed by atoms with van der Waals surface area (Å²) in [6.45, 7) is 4.88. The molecule has 0 spiro atoms. The second kappa shape index (κ2) is 12.4. The van der Waals surface area contributed by atoms with E-state index in [1.54, 1.807) is 17.8 Å². The number of benzene rings is 1. The van der Waals surface area contributed by atoms with Crippen LogP contribution in [0.25, 0.3) is 0 Å². The summed E-state index contributed by atoms with van der Waals surface area (Å²) in [7, 11) is 0. The number of hydrogen-bond acceptors (Lipinski definition) is 4. The van der Waals surface area contributed by atoms with E-state index in [2.05, 4.69) is 25.4 Å². The van der Waals surface area contributed by atoms with E-state index in [0.29, 0.717) is 13.1 Å². The van der Waals surface area contributed by atoms with Gasteiger partial charge in [-0.15, -0.1) is 34.2 Å². The molecule has 0 unspecified atom stereocenters. The van der Waals surface area contributed by atoms with Gasteiger partial charge in [0.2, 0.25) is 0 Å². The van der Waals surface area contributed by atoms with E-state index in [1.807, 2.05) is 19.2 Å². The minimum Gasteiger partial charge on any atom is -0.357 e. The van der Waals surface area contributed by atoms with Crippen LogP contribution in [0.1, 0.15) is 49.0 Å². The Kier molecular flexibility index (Phi) is 10.2. The zero-order valence-electron chi connectivity index (χ0n) is 17.1. The highest BCUT2D eigenvalue weighted by Gasteiger charge is 2.14. The fourth-order valence-electron chi connectivity index (χ4n) is 3.38. The second-order valence-corrected chi connectivity index (χ2v) is 7.76. The molecule has 6 nitrogen and oxygen atoms in total. The molecule has 0 amide bonds. The maximum absolute atomic E-state index is 13.5. The van der Waals surface area contributed by atoms with Gasteiger partial charge in [-0.25, -0.2) is 9.38 Å². The number of nitrogens with one attached hydrogen (secondary N) is 2. The average molecular weight is 532 g/mol. The van der Waals surface area contributed by atoms with Crippen molar-refractivity contribution in [3.63, 3.8) is 0 Å². The molecule has 0 atom stereocenters. The van der Waals surface area contributed by atoms with Crippen molar-refractivity contribution in [2.24, 2.45) is 4.99 Å². The second-order valence-electron chi connectivity index (χ2n) is 6.89. The van der Waals surface area contributed by atoms with E-state index in [9.17, 15) is 4.39 Å². The average Bonchev–Trinajstić information content (AvgIpc) is 2.91. The number of nitrogens with zero attached hydrogens (tertiary/aromatic N) is 4. The number of rotatable bonds is 7. The first kappa shape index (κ1) is 23.9. The lowest BCUT2D eigenvalue weighted by Crippen LogP contribution is -2.37. The van der Waals surface area contributed by atoms with E-state index in [1.165, 1.54) is 25.3 Å². The molecule has 0 aliphatic carbocycles. The van der Waals surface area contributed by atoms with E-state index in [4.69, 9.17) is 4.99 Å². The minimum absolute atomic E-state index is 0. The molecule has 2 aromatic rings. The molecule has 1 aliphatic rings. The molecule has 2 N–H and O–H groups in total. The van der Waals surface area contributed by atoms with Gasteiger partial charge in [-0.05, 0) is 49.3 Å². The quantitative estimate of drug-likeness (QED) is 0.322. The molecule has 0 fully saturated rings. The molecule has 2 heterocycles. The molecule has 9 heteroatoms. The molecule has 0 bridgehead atoms. The van der Waals surface area contributed by atoms with Crippen molar-refractivity contribution in [3.05, 3.63) is 46.8 Å². The number of aromatic nitrogens is 3. The number of guanidine groups is 1. The summed E-state index contributed by atoms with van der Waals surface area (Å²) in [6, 6.07) is 4.93. The molecule has 0 saturated carbocycles. The van der Waals surface area contributed by atoms with Crippen LogP contribution in [0.15, 0.2) is 23.2 Å². The highest BCUT2D eigenvalue weighted by Crippen LogP contribution is 2.18. The summed E-state index contributed by atoms with van der Waals surface area (Å²) in [6.07, 6.45) is 6.63. The Morgan fingerprint density at radius 2 is 2.07 bits per heavy atom. The normalized spacial score (nSPS) is 14.0. The molecule has 3 rings (SSSR count). The summed E-state index contributed by atoms with van der Waals surface area (Å²) in [5.74, 6) is 3.34. The Balaban J connectivity index is 0.00000300. The van der Waals surface area contributed by atoms with Gasteiger partial charge >= 0.3 is 0 Å². The monoisotopic (exact) mass is 532 g/mol. The maximum atomic E-state index is 13.5. The third-order valence-corrected chi connectivity index (χ3v) is 5.42. The summed E-state index contributed by atoms with van der Waals surface area (Å²) in [5.41, 5.74) is 2.04. The lowest BCUT2D eigenvalue weighted by Gasteiger charge is -2.13. The van der Waals surface area contributed by atoms with E-state index < -0.39 is 0 Å². The molecule has 0 saturated heterocycles. The highest BCUT2D eigenvalue weighted by atomic mass is 127. The van der Waals surface area contributed by atoms with Crippen molar-refractivity contribution in [1.29, 1.82) is 0 Å². The third-order valence-electron chi connectivity index (χ3n) is 4.82. The highest BCUT2D eigenvalue weighted by molar-refractivity contribution is 14.0. The SMILES string of the molecule is CCNC(=NCc1ccc(F)cc1CSC)NCc1nnc2n1CCCCC2.I. The first-order valence-electron chi connectivity index (χ1n) is 9.90. The Bertz CT molecular complexity index is 810. The van der Waals surface area contributed by atoms with Gasteiger partial charge in [-0.1, -0.05) is 12.5 Å². The predicted octanol–water partition coefficient (Wildman–Crippen LogP) is 3.88. The van der Waals surface area contributed by atoms with Crippen LogP contribution in [-0.4, -0.2) is 33.5 Å². The Hall–Kier alpha value is -1.36. The summed E-state index contributed by atoms with van der Waals surface area (Å²) < 4.78 is 15.8. The first-order chi connectivity index (χ1) is 13.7. The number of thioether (sulfide) groups is 1. The zero-order chi connectivity index (χ0) is 19.8. The Morgan fingerprint density at radius 3 is 2.86 bits per heavy atom. The van der Waals surface area contributed by atoms with Crippen LogP contribution in [0, 0.1) is 5.82 Å². The molecular formula is C20H30FIN6S. The number of hydrogen-bond donors (Lipinski definition) is 2. The summed E-state index contributed by atoms with van der Waals surface area (Å²) in [4.78, 5) is 4.69. The van der Waals surface area contributed by atoms with Gasteiger partial charge in [-0.3, -0.25) is 0 Å². The smallest absolute Gasteiger partial charge is 0.191 e. The molecule has 1 aromatic heterocycles. The number of aliphatic imine (C=N–C) groups is 1. The molecule has 1 aliphatic heterocycles. The van der Waals surface area contributed by atoms with Crippen LogP contribution in [-0.2, 0) is 31.8 Å². The minimum atomic E-state index is -0.200. The van der Waals surface area contributed by atoms with Crippen LogP contribution in [0.5, 0.6) is 0 Å². The van der Waals surface area contributed by atoms with Gasteiger partial charge in [0.1, 0.15) is 11.6 Å². The van der Waals surface area contributed by atoms with Crippen LogP contribution in [0.4, 0.5) is 4.39 Å². The fraction of sp³-hybridized carbons (Fsp3) is 0.550. The number of aryl methyl sites for hydroxylation is 1. The molecule has 0 radical (unpaired) electrons. The van der Waals surface area contributed by atoms with Gasteiger partial charge in [0.15, 0.2) is 11.8 Å². The van der Waals surface area contributed by atoms with Crippen LogP contribution in [0.2, 0.25) is 0 Å². The largest absolute Gasteiger partial charge is 0.357 e. The maximum Gasteiger partial charge on any atom is 0.191 e. The van der Waals surface area contributed by atoms with Crippen molar-refractivity contribution in [3.8, 4) is 0 Å². The summed E-state index contributed by atoms with van der Waals surface area (Å²) in [5, 5.41) is 15.3. The van der Waals surface area contributed by atoms with Crippen molar-refractivity contribution >= 4 is 41.7 Å². The fourth-order valence-corrected chi connectivity index (χ4v) is 3.96. The van der Waals surface area contributed by atoms with Crippen LogP contribution < -0.4 is 10.6 Å². The van der Waals surface area contributed by atoms with Gasteiger partial charge in [-0.2, -0.15) is 11.8 Å². The van der Waals surface area contributed by atoms with Crippen LogP contribution >= 0.6 is 35.7 Å². The Labute approximate surface area is 193 Å². The standard InChI is InChI=1S/C20H29FN6S.HI/c1-3-22-20(23-12-15-8-9-17(21)11-16(15)14-28-2)24-13-19-26-25-18-7-5-4-6-10-27(18)19;/h8-9,11H,3-7,10,12-14H2,1-2H3,(H2,22,23,24);1H.